The molecule has 0 aliphatic carbocycles. The number of rotatable bonds is 2. The van der Waals surface area contributed by atoms with E-state index in [9.17, 15) is 14.7 Å². The van der Waals surface area contributed by atoms with Crippen molar-refractivity contribution in [2.24, 2.45) is 0 Å². The highest BCUT2D eigenvalue weighted by Crippen LogP contribution is 2.21. The summed E-state index contributed by atoms with van der Waals surface area (Å²) in [7, 11) is 0. The number of halogens is 2. The molecule has 1 aliphatic rings. The number of cyclic esters (lactones) is 1. The number of alkyl halides is 1. The molecule has 0 saturated heterocycles. The average Bonchev–Trinajstić information content (AvgIpc) is 2.30. The fraction of sp³-hybridized carbons (Fsp3) is 0.333. The summed E-state index contributed by atoms with van der Waals surface area (Å²) in [5.74, 6) is -2.27. The molecular formula is C6H3Cl2O4-. The molecule has 0 aromatic heterocycles. The number of esters is 1. The van der Waals surface area contributed by atoms with E-state index in [1.807, 2.05) is 0 Å². The molecule has 0 aromatic rings. The van der Waals surface area contributed by atoms with Gasteiger partial charge in [0.2, 0.25) is 0 Å². The van der Waals surface area contributed by atoms with Gasteiger partial charge in [-0.25, -0.2) is 4.79 Å². The highest BCUT2D eigenvalue weighted by molar-refractivity contribution is 6.42. The highest BCUT2D eigenvalue weighted by Gasteiger charge is 2.30. The third-order valence-electron chi connectivity index (χ3n) is 1.26. The summed E-state index contributed by atoms with van der Waals surface area (Å²) in [6.07, 6.45) is 0.105. The van der Waals surface area contributed by atoms with Crippen molar-refractivity contribution in [3.8, 4) is 0 Å². The van der Waals surface area contributed by atoms with Gasteiger partial charge < -0.3 is 14.6 Å². The van der Waals surface area contributed by atoms with Crippen LogP contribution in [0.5, 0.6) is 0 Å². The number of carbonyl (C=O) groups is 2. The van der Waals surface area contributed by atoms with Crippen molar-refractivity contribution >= 4 is 35.1 Å². The van der Waals surface area contributed by atoms with Crippen LogP contribution in [0.15, 0.2) is 11.1 Å². The van der Waals surface area contributed by atoms with E-state index >= 15 is 0 Å². The Labute approximate surface area is 77.7 Å². The van der Waals surface area contributed by atoms with Gasteiger partial charge >= 0.3 is 5.97 Å². The second-order valence-electron chi connectivity index (χ2n) is 2.11. The van der Waals surface area contributed by atoms with E-state index in [1.54, 1.807) is 0 Å². The van der Waals surface area contributed by atoms with Crippen molar-refractivity contribution in [1.29, 1.82) is 0 Å². The van der Waals surface area contributed by atoms with E-state index in [1.165, 1.54) is 0 Å². The Morgan fingerprint density at radius 2 is 2.33 bits per heavy atom. The van der Waals surface area contributed by atoms with E-state index in [-0.39, 0.29) is 5.03 Å². The molecule has 0 aromatic carbocycles. The maximum atomic E-state index is 10.6. The Morgan fingerprint density at radius 1 is 1.75 bits per heavy atom. The first-order chi connectivity index (χ1) is 5.52. The van der Waals surface area contributed by atoms with E-state index in [0.29, 0.717) is 0 Å². The summed E-state index contributed by atoms with van der Waals surface area (Å²) in [5.41, 5.74) is 0. The van der Waals surface area contributed by atoms with Gasteiger partial charge in [-0.15, -0.1) is 11.6 Å². The van der Waals surface area contributed by atoms with Crippen molar-refractivity contribution < 1.29 is 19.4 Å². The molecule has 12 heavy (non-hydrogen) atoms. The first-order valence-electron chi connectivity index (χ1n) is 2.95. The minimum Gasteiger partial charge on any atom is -0.548 e. The summed E-state index contributed by atoms with van der Waals surface area (Å²) in [5, 5.41) is 8.63. The van der Waals surface area contributed by atoms with Gasteiger partial charge in [-0.05, 0) is 6.08 Å². The number of carboxylic acids is 1. The number of hydrogen-bond acceptors (Lipinski definition) is 4. The van der Waals surface area contributed by atoms with Crippen LogP contribution < -0.4 is 5.11 Å². The first kappa shape index (κ1) is 9.35. The molecule has 0 radical (unpaired) electrons. The van der Waals surface area contributed by atoms with Gasteiger partial charge in [-0.1, -0.05) is 11.6 Å². The molecule has 0 saturated carbocycles. The summed E-state index contributed by atoms with van der Waals surface area (Å²) in [6, 6.07) is 0. The van der Waals surface area contributed by atoms with Crippen LogP contribution in [0, 0.1) is 0 Å². The van der Waals surface area contributed by atoms with Gasteiger partial charge in [-0.3, -0.25) is 0 Å². The predicted octanol–water partition coefficient (Wildman–Crippen LogP) is -0.608. The quantitative estimate of drug-likeness (QED) is 0.450. The Balaban J connectivity index is 2.70. The molecule has 0 bridgehead atoms. The van der Waals surface area contributed by atoms with Crippen LogP contribution in [0.1, 0.15) is 0 Å². The molecule has 1 heterocycles. The predicted molar refractivity (Wildman–Crippen MR) is 38.5 cm³/mol. The zero-order valence-electron chi connectivity index (χ0n) is 5.62. The lowest BCUT2D eigenvalue weighted by Gasteiger charge is -2.15. The smallest absolute Gasteiger partial charge is 0.350 e. The summed E-state index contributed by atoms with van der Waals surface area (Å²) in [4.78, 5) is 20.8. The minimum absolute atomic E-state index is 0.160. The Bertz CT molecular complexity index is 260. The molecule has 6 heteroatoms. The Hall–Kier alpha value is -0.740. The second kappa shape index (κ2) is 3.33. The lowest BCUT2D eigenvalue weighted by atomic mass is 10.2. The fourth-order valence-corrected chi connectivity index (χ4v) is 0.997. The van der Waals surface area contributed by atoms with Crippen molar-refractivity contribution in [3.05, 3.63) is 11.1 Å². The monoisotopic (exact) mass is 209 g/mol. The average molecular weight is 210 g/mol. The van der Waals surface area contributed by atoms with Crippen LogP contribution >= 0.6 is 23.2 Å². The third-order valence-corrected chi connectivity index (χ3v) is 1.97. The number of carboxylic acid groups (broad SMARTS) is 1. The highest BCUT2D eigenvalue weighted by atomic mass is 35.5. The van der Waals surface area contributed by atoms with Crippen LogP contribution in [-0.4, -0.2) is 23.4 Å². The van der Waals surface area contributed by atoms with Crippen LogP contribution in [0.3, 0.4) is 0 Å². The number of ether oxygens (including phenoxy) is 1. The molecule has 0 amide bonds. The lowest BCUT2D eigenvalue weighted by molar-refractivity contribution is -0.306. The number of hydrogen-bond donors (Lipinski definition) is 0. The van der Waals surface area contributed by atoms with E-state index in [4.69, 9.17) is 23.2 Å². The molecule has 1 aliphatic heterocycles. The van der Waals surface area contributed by atoms with E-state index < -0.39 is 23.4 Å². The molecular weight excluding hydrogens is 207 g/mol. The molecule has 0 N–H and O–H groups in total. The Kier molecular flexibility index (Phi) is 2.59. The summed E-state index contributed by atoms with van der Waals surface area (Å²) in [6.45, 7) is 0. The fourth-order valence-electron chi connectivity index (χ4n) is 0.705. The molecule has 2 unspecified atom stereocenters. The van der Waals surface area contributed by atoms with E-state index in [0.717, 1.165) is 6.08 Å². The topological polar surface area (TPSA) is 66.4 Å². The first-order valence-corrected chi connectivity index (χ1v) is 3.77. The maximum absolute atomic E-state index is 10.6. The van der Waals surface area contributed by atoms with Gasteiger partial charge in [0.25, 0.3) is 0 Å². The van der Waals surface area contributed by atoms with Gasteiger partial charge in [0.05, 0.1) is 5.97 Å². The molecule has 66 valence electrons. The lowest BCUT2D eigenvalue weighted by Crippen LogP contribution is -2.39. The number of carbonyl (C=O) groups excluding carboxylic acids is 2. The third kappa shape index (κ3) is 1.70. The van der Waals surface area contributed by atoms with Gasteiger partial charge in [0.1, 0.15) is 16.5 Å². The molecule has 4 nitrogen and oxygen atoms in total. The van der Waals surface area contributed by atoms with Crippen LogP contribution in [0.4, 0.5) is 0 Å². The molecule has 1 rings (SSSR count). The van der Waals surface area contributed by atoms with Crippen LogP contribution in [0.25, 0.3) is 0 Å². The zero-order chi connectivity index (χ0) is 9.30. The maximum Gasteiger partial charge on any atom is 0.350 e. The van der Waals surface area contributed by atoms with Gasteiger partial charge in [-0.2, -0.15) is 0 Å². The van der Waals surface area contributed by atoms with Crippen molar-refractivity contribution in [1.82, 2.24) is 0 Å². The minimum atomic E-state index is -1.50. The van der Waals surface area contributed by atoms with Crippen LogP contribution in [-0.2, 0) is 14.3 Å². The SMILES string of the molecule is O=C1OC(C(Cl)C(=O)[O-])C=C1Cl. The van der Waals surface area contributed by atoms with Gasteiger partial charge in [0, 0.05) is 0 Å². The number of aliphatic carboxylic acids is 1. The van der Waals surface area contributed by atoms with Gasteiger partial charge in [0.15, 0.2) is 0 Å². The Morgan fingerprint density at radius 3 is 2.67 bits per heavy atom. The molecule has 2 atom stereocenters. The van der Waals surface area contributed by atoms with Crippen molar-refractivity contribution in [2.75, 3.05) is 0 Å². The second-order valence-corrected chi connectivity index (χ2v) is 2.98. The zero-order valence-corrected chi connectivity index (χ0v) is 7.13. The standard InChI is InChI=1S/C6H4Cl2O4/c7-2-1-3(12-6(2)11)4(8)5(9)10/h1,3-4H,(H,9,10)/p-1. The van der Waals surface area contributed by atoms with Crippen molar-refractivity contribution in [3.63, 3.8) is 0 Å². The molecule has 0 fully saturated rings. The largest absolute Gasteiger partial charge is 0.548 e. The van der Waals surface area contributed by atoms with E-state index in [2.05, 4.69) is 4.74 Å². The van der Waals surface area contributed by atoms with Crippen molar-refractivity contribution in [2.45, 2.75) is 11.5 Å². The summed E-state index contributed by atoms with van der Waals surface area (Å²) < 4.78 is 4.48. The van der Waals surface area contributed by atoms with Crippen LogP contribution in [0.2, 0.25) is 0 Å². The summed E-state index contributed by atoms with van der Waals surface area (Å²) >= 11 is 10.6. The normalized spacial score (nSPS) is 24.7. The molecule has 0 spiro atoms.